The van der Waals surface area contributed by atoms with E-state index in [4.69, 9.17) is 14.6 Å². The van der Waals surface area contributed by atoms with Gasteiger partial charge in [-0.2, -0.15) is 12.6 Å². The fraction of sp³-hybridized carbons (Fsp3) is 0.889. The van der Waals surface area contributed by atoms with Crippen LogP contribution in [0.25, 0.3) is 0 Å². The van der Waals surface area contributed by atoms with Crippen LogP contribution in [0.4, 0.5) is 0 Å². The van der Waals surface area contributed by atoms with Gasteiger partial charge in [-0.05, 0) is 0 Å². The molecule has 0 aliphatic carbocycles. The number of aliphatic hydroxyl groups excluding tert-OH is 1. The maximum absolute atomic E-state index is 10.8. The minimum absolute atomic E-state index is 0.0444. The van der Waals surface area contributed by atoms with E-state index in [9.17, 15) is 9.90 Å². The summed E-state index contributed by atoms with van der Waals surface area (Å²) in [5, 5.41) is 17.9. The number of carbonyl (C=O) groups excluding carboxylic acids is 1. The Morgan fingerprint density at radius 3 is 2.50 bits per heavy atom. The van der Waals surface area contributed by atoms with E-state index in [1.54, 1.807) is 0 Å². The standard InChI is InChI=1S/C9H18O6S/c1-9(12,15-8(11)6-16)7-14-5-4-13-3-2-10/h10,12,16H,2-7H2,1H3. The Labute approximate surface area is 99.9 Å². The first kappa shape index (κ1) is 15.7. The van der Waals surface area contributed by atoms with Crippen LogP contribution in [-0.4, -0.2) is 60.8 Å². The highest BCUT2D eigenvalue weighted by Crippen LogP contribution is 2.07. The first-order chi connectivity index (χ1) is 7.52. The van der Waals surface area contributed by atoms with Crippen molar-refractivity contribution < 1.29 is 29.2 Å². The zero-order valence-electron chi connectivity index (χ0n) is 9.22. The first-order valence-corrected chi connectivity index (χ1v) is 5.46. The highest BCUT2D eigenvalue weighted by molar-refractivity contribution is 7.81. The van der Waals surface area contributed by atoms with Crippen molar-refractivity contribution in [2.75, 3.05) is 38.8 Å². The lowest BCUT2D eigenvalue weighted by Crippen LogP contribution is -2.37. The normalized spacial score (nSPS) is 14.5. The Morgan fingerprint density at radius 2 is 1.94 bits per heavy atom. The van der Waals surface area contributed by atoms with Crippen LogP contribution in [0.5, 0.6) is 0 Å². The molecule has 0 radical (unpaired) electrons. The summed E-state index contributed by atoms with van der Waals surface area (Å²) in [5.74, 6) is -2.37. The zero-order chi connectivity index (χ0) is 12.4. The molecule has 0 rings (SSSR count). The van der Waals surface area contributed by atoms with Crippen LogP contribution in [0, 0.1) is 0 Å². The molecular weight excluding hydrogens is 236 g/mol. The number of esters is 1. The fourth-order valence-corrected chi connectivity index (χ4v) is 0.918. The van der Waals surface area contributed by atoms with Gasteiger partial charge < -0.3 is 24.4 Å². The molecule has 0 saturated heterocycles. The van der Waals surface area contributed by atoms with Gasteiger partial charge in [0.05, 0.1) is 32.2 Å². The number of thiol groups is 1. The molecule has 7 heteroatoms. The third-order valence-corrected chi connectivity index (χ3v) is 1.70. The van der Waals surface area contributed by atoms with E-state index < -0.39 is 11.8 Å². The van der Waals surface area contributed by atoms with Crippen LogP contribution in [0.15, 0.2) is 0 Å². The lowest BCUT2D eigenvalue weighted by Gasteiger charge is -2.22. The molecule has 0 saturated carbocycles. The molecule has 0 aromatic rings. The zero-order valence-corrected chi connectivity index (χ0v) is 10.1. The van der Waals surface area contributed by atoms with Crippen LogP contribution >= 0.6 is 12.6 Å². The lowest BCUT2D eigenvalue weighted by molar-refractivity contribution is -0.218. The van der Waals surface area contributed by atoms with Crippen LogP contribution in [0.3, 0.4) is 0 Å². The van der Waals surface area contributed by atoms with Gasteiger partial charge in [0, 0.05) is 6.92 Å². The Hall–Kier alpha value is -0.340. The van der Waals surface area contributed by atoms with Crippen molar-refractivity contribution in [2.45, 2.75) is 12.7 Å². The third-order valence-electron chi connectivity index (χ3n) is 1.44. The topological polar surface area (TPSA) is 85.2 Å². The minimum Gasteiger partial charge on any atom is -0.430 e. The quantitative estimate of drug-likeness (QED) is 0.216. The fourth-order valence-electron chi connectivity index (χ4n) is 0.853. The van der Waals surface area contributed by atoms with Crippen LogP contribution in [0.1, 0.15) is 6.92 Å². The molecule has 16 heavy (non-hydrogen) atoms. The Bertz CT molecular complexity index is 196. The number of aliphatic hydroxyl groups is 2. The molecule has 96 valence electrons. The summed E-state index contributed by atoms with van der Waals surface area (Å²) in [4.78, 5) is 10.8. The molecule has 1 atom stereocenters. The van der Waals surface area contributed by atoms with Gasteiger partial charge in [-0.25, -0.2) is 0 Å². The summed E-state index contributed by atoms with van der Waals surface area (Å²) in [6.45, 7) is 1.93. The molecule has 0 aromatic heterocycles. The van der Waals surface area contributed by atoms with Gasteiger partial charge in [0.2, 0.25) is 5.79 Å². The van der Waals surface area contributed by atoms with Gasteiger partial charge in [-0.15, -0.1) is 0 Å². The van der Waals surface area contributed by atoms with Crippen molar-refractivity contribution in [2.24, 2.45) is 0 Å². The van der Waals surface area contributed by atoms with Crippen molar-refractivity contribution in [3.8, 4) is 0 Å². The summed E-state index contributed by atoms with van der Waals surface area (Å²) in [6.07, 6.45) is 0. The van der Waals surface area contributed by atoms with Gasteiger partial charge in [-0.3, -0.25) is 4.79 Å². The monoisotopic (exact) mass is 254 g/mol. The Kier molecular flexibility index (Phi) is 8.58. The molecule has 0 spiro atoms. The number of hydrogen-bond acceptors (Lipinski definition) is 7. The van der Waals surface area contributed by atoms with Crippen molar-refractivity contribution >= 4 is 18.6 Å². The van der Waals surface area contributed by atoms with Crippen molar-refractivity contribution in [1.82, 2.24) is 0 Å². The number of hydrogen-bond donors (Lipinski definition) is 3. The molecule has 0 aliphatic rings. The molecule has 0 aromatic carbocycles. The molecule has 0 bridgehead atoms. The molecule has 0 fully saturated rings. The largest absolute Gasteiger partial charge is 0.430 e. The SMILES string of the molecule is CC(O)(COCCOCCO)OC(=O)CS. The Balaban J connectivity index is 3.54. The van der Waals surface area contributed by atoms with Crippen molar-refractivity contribution in [3.05, 3.63) is 0 Å². The van der Waals surface area contributed by atoms with Gasteiger partial charge >= 0.3 is 5.97 Å². The second-order valence-electron chi connectivity index (χ2n) is 3.20. The van der Waals surface area contributed by atoms with E-state index in [1.165, 1.54) is 6.92 Å². The highest BCUT2D eigenvalue weighted by Gasteiger charge is 2.24. The van der Waals surface area contributed by atoms with Gasteiger partial charge in [0.15, 0.2) is 0 Å². The molecule has 6 nitrogen and oxygen atoms in total. The highest BCUT2D eigenvalue weighted by atomic mass is 32.1. The van der Waals surface area contributed by atoms with E-state index in [-0.39, 0.29) is 32.2 Å². The van der Waals surface area contributed by atoms with E-state index in [2.05, 4.69) is 17.4 Å². The number of carbonyl (C=O) groups is 1. The molecule has 0 heterocycles. The van der Waals surface area contributed by atoms with Crippen LogP contribution in [-0.2, 0) is 19.0 Å². The van der Waals surface area contributed by atoms with Crippen molar-refractivity contribution in [1.29, 1.82) is 0 Å². The smallest absolute Gasteiger partial charge is 0.318 e. The molecule has 0 amide bonds. The predicted octanol–water partition coefficient (Wildman–Crippen LogP) is -0.807. The molecule has 0 aliphatic heterocycles. The predicted molar refractivity (Wildman–Crippen MR) is 59.3 cm³/mol. The summed E-state index contributed by atoms with van der Waals surface area (Å²) in [7, 11) is 0. The molecule has 2 N–H and O–H groups in total. The summed E-state index contributed by atoms with van der Waals surface area (Å²) in [5.41, 5.74) is 0. The van der Waals surface area contributed by atoms with E-state index in [0.717, 1.165) is 0 Å². The van der Waals surface area contributed by atoms with E-state index >= 15 is 0 Å². The molecule has 1 unspecified atom stereocenters. The van der Waals surface area contributed by atoms with E-state index in [0.29, 0.717) is 6.61 Å². The number of ether oxygens (including phenoxy) is 3. The minimum atomic E-state index is -1.66. The lowest BCUT2D eigenvalue weighted by atomic mass is 10.3. The second kappa shape index (κ2) is 8.77. The molecular formula is C9H18O6S. The van der Waals surface area contributed by atoms with Crippen molar-refractivity contribution in [3.63, 3.8) is 0 Å². The summed E-state index contributed by atoms with van der Waals surface area (Å²) in [6, 6.07) is 0. The number of rotatable bonds is 9. The summed E-state index contributed by atoms with van der Waals surface area (Å²) >= 11 is 3.71. The van der Waals surface area contributed by atoms with Crippen LogP contribution < -0.4 is 0 Å². The Morgan fingerprint density at radius 1 is 1.31 bits per heavy atom. The maximum atomic E-state index is 10.8. The van der Waals surface area contributed by atoms with Gasteiger partial charge in [-0.1, -0.05) is 0 Å². The average molecular weight is 254 g/mol. The van der Waals surface area contributed by atoms with E-state index in [1.807, 2.05) is 0 Å². The van der Waals surface area contributed by atoms with Gasteiger partial charge in [0.25, 0.3) is 0 Å². The van der Waals surface area contributed by atoms with Gasteiger partial charge in [0.1, 0.15) is 6.61 Å². The first-order valence-electron chi connectivity index (χ1n) is 4.83. The van der Waals surface area contributed by atoms with Crippen LogP contribution in [0.2, 0.25) is 0 Å². The maximum Gasteiger partial charge on any atom is 0.318 e. The third kappa shape index (κ3) is 8.93. The second-order valence-corrected chi connectivity index (χ2v) is 3.51. The summed E-state index contributed by atoms with van der Waals surface area (Å²) < 4.78 is 14.6. The average Bonchev–Trinajstić information content (AvgIpc) is 2.22.